The number of amides is 1. The van der Waals surface area contributed by atoms with Crippen LogP contribution < -0.4 is 5.32 Å². The third-order valence-corrected chi connectivity index (χ3v) is 3.59. The van der Waals surface area contributed by atoms with Gasteiger partial charge in [-0.05, 0) is 45.4 Å². The number of nitrogens with zero attached hydrogens (tertiary/aromatic N) is 2. The van der Waals surface area contributed by atoms with E-state index in [9.17, 15) is 4.79 Å². The summed E-state index contributed by atoms with van der Waals surface area (Å²) in [6.07, 6.45) is 2.21. The molecule has 0 bridgehead atoms. The van der Waals surface area contributed by atoms with Crippen LogP contribution in [0, 0.1) is 13.8 Å². The molecule has 1 amide bonds. The number of likely N-dealkylation sites (N-methyl/N-ethyl adjacent to an activating group) is 1. The summed E-state index contributed by atoms with van der Waals surface area (Å²) in [7, 11) is 1.89. The molecule has 0 saturated carbocycles. The Hall–Kier alpha value is -1.42. The lowest BCUT2D eigenvalue weighted by atomic mass is 10.0. The monoisotopic (exact) mass is 247 g/mol. The predicted octanol–water partition coefficient (Wildman–Crippen LogP) is 1.52. The maximum atomic E-state index is 12.4. The molecule has 0 spiro atoms. The van der Waals surface area contributed by atoms with Crippen LogP contribution in [0.3, 0.4) is 0 Å². The van der Waals surface area contributed by atoms with Crippen LogP contribution in [-0.2, 0) is 0 Å². The van der Waals surface area contributed by atoms with E-state index in [4.69, 9.17) is 0 Å². The van der Waals surface area contributed by atoms with Gasteiger partial charge in [0.25, 0.3) is 5.91 Å². The Bertz CT molecular complexity index is 439. The number of hydrogen-bond acceptors (Lipinski definition) is 3. The number of piperidine rings is 1. The second-order valence-electron chi connectivity index (χ2n) is 5.00. The molecular formula is C14H21N3O. The number of carbonyl (C=O) groups is 1. The highest BCUT2D eigenvalue weighted by Crippen LogP contribution is 2.14. The number of aromatic nitrogens is 1. The summed E-state index contributed by atoms with van der Waals surface area (Å²) in [5.74, 6) is 0.0775. The molecule has 1 aliphatic heterocycles. The van der Waals surface area contributed by atoms with Gasteiger partial charge in [0.1, 0.15) is 0 Å². The van der Waals surface area contributed by atoms with Crippen LogP contribution in [0.5, 0.6) is 0 Å². The Balaban J connectivity index is 2.14. The lowest BCUT2D eigenvalue weighted by molar-refractivity contribution is 0.0707. The van der Waals surface area contributed by atoms with E-state index in [1.807, 2.05) is 37.9 Å². The van der Waals surface area contributed by atoms with Gasteiger partial charge in [0, 0.05) is 25.3 Å². The molecule has 2 heterocycles. The van der Waals surface area contributed by atoms with Crippen molar-refractivity contribution in [2.75, 3.05) is 20.1 Å². The summed E-state index contributed by atoms with van der Waals surface area (Å²) < 4.78 is 0. The molecule has 1 aromatic heterocycles. The van der Waals surface area contributed by atoms with Gasteiger partial charge in [0.2, 0.25) is 0 Å². The van der Waals surface area contributed by atoms with E-state index in [0.29, 0.717) is 11.6 Å². The summed E-state index contributed by atoms with van der Waals surface area (Å²) in [4.78, 5) is 18.6. The Labute approximate surface area is 108 Å². The van der Waals surface area contributed by atoms with Gasteiger partial charge >= 0.3 is 0 Å². The van der Waals surface area contributed by atoms with Crippen molar-refractivity contribution in [3.8, 4) is 0 Å². The number of hydrogen-bond donors (Lipinski definition) is 1. The Morgan fingerprint density at radius 1 is 1.44 bits per heavy atom. The second-order valence-corrected chi connectivity index (χ2v) is 5.00. The molecule has 4 nitrogen and oxygen atoms in total. The standard InChI is InChI=1S/C14H21N3O/c1-10-6-7-13(11(2)16-10)14(18)17(3)12-5-4-8-15-9-12/h6-7,12,15H,4-5,8-9H2,1-3H3. The maximum absolute atomic E-state index is 12.4. The molecule has 98 valence electrons. The van der Waals surface area contributed by atoms with E-state index in [2.05, 4.69) is 10.3 Å². The molecule has 1 aromatic rings. The number of carbonyl (C=O) groups excluding carboxylic acids is 1. The van der Waals surface area contributed by atoms with Gasteiger partial charge in [-0.1, -0.05) is 0 Å². The third kappa shape index (κ3) is 2.70. The van der Waals surface area contributed by atoms with Gasteiger partial charge in [-0.3, -0.25) is 9.78 Å². The van der Waals surface area contributed by atoms with Crippen LogP contribution in [0.4, 0.5) is 0 Å². The highest BCUT2D eigenvalue weighted by molar-refractivity contribution is 5.95. The summed E-state index contributed by atoms with van der Waals surface area (Å²) >= 11 is 0. The van der Waals surface area contributed by atoms with Crippen molar-refractivity contribution < 1.29 is 4.79 Å². The highest BCUT2D eigenvalue weighted by Gasteiger charge is 2.23. The van der Waals surface area contributed by atoms with E-state index in [-0.39, 0.29) is 5.91 Å². The summed E-state index contributed by atoms with van der Waals surface area (Å²) in [5.41, 5.74) is 2.48. The maximum Gasteiger partial charge on any atom is 0.255 e. The van der Waals surface area contributed by atoms with E-state index < -0.39 is 0 Å². The minimum atomic E-state index is 0.0775. The highest BCUT2D eigenvalue weighted by atomic mass is 16.2. The van der Waals surface area contributed by atoms with E-state index in [1.54, 1.807) is 0 Å². The first-order valence-corrected chi connectivity index (χ1v) is 6.51. The quantitative estimate of drug-likeness (QED) is 0.862. The van der Waals surface area contributed by atoms with Crippen LogP contribution in [-0.4, -0.2) is 42.0 Å². The minimum Gasteiger partial charge on any atom is -0.337 e. The number of nitrogens with one attached hydrogen (secondary N) is 1. The van der Waals surface area contributed by atoms with Crippen LogP contribution in [0.15, 0.2) is 12.1 Å². The Morgan fingerprint density at radius 3 is 2.83 bits per heavy atom. The topological polar surface area (TPSA) is 45.2 Å². The van der Waals surface area contributed by atoms with Crippen LogP contribution in [0.2, 0.25) is 0 Å². The second kappa shape index (κ2) is 5.48. The van der Waals surface area contributed by atoms with Crippen molar-refractivity contribution in [3.63, 3.8) is 0 Å². The first-order valence-electron chi connectivity index (χ1n) is 6.51. The molecule has 0 aliphatic carbocycles. The van der Waals surface area contributed by atoms with Gasteiger partial charge in [-0.15, -0.1) is 0 Å². The average molecular weight is 247 g/mol. The zero-order chi connectivity index (χ0) is 13.1. The fourth-order valence-electron chi connectivity index (χ4n) is 2.43. The normalized spacial score (nSPS) is 19.6. The van der Waals surface area contributed by atoms with E-state index in [1.165, 1.54) is 0 Å². The van der Waals surface area contributed by atoms with Crippen LogP contribution in [0.25, 0.3) is 0 Å². The molecule has 1 unspecified atom stereocenters. The summed E-state index contributed by atoms with van der Waals surface area (Å²) in [6.45, 7) is 5.79. The van der Waals surface area contributed by atoms with Crippen molar-refractivity contribution in [1.29, 1.82) is 0 Å². The van der Waals surface area contributed by atoms with Crippen LogP contribution in [0.1, 0.15) is 34.6 Å². The van der Waals surface area contributed by atoms with Gasteiger partial charge in [0.15, 0.2) is 0 Å². The predicted molar refractivity (Wildman–Crippen MR) is 71.7 cm³/mol. The fraction of sp³-hybridized carbons (Fsp3) is 0.571. The molecule has 18 heavy (non-hydrogen) atoms. The molecular weight excluding hydrogens is 226 g/mol. The van der Waals surface area contributed by atoms with Crippen molar-refractivity contribution in [3.05, 3.63) is 29.1 Å². The van der Waals surface area contributed by atoms with E-state index >= 15 is 0 Å². The Morgan fingerprint density at radius 2 is 2.22 bits per heavy atom. The zero-order valence-electron chi connectivity index (χ0n) is 11.4. The molecule has 1 saturated heterocycles. The summed E-state index contributed by atoms with van der Waals surface area (Å²) in [6, 6.07) is 4.08. The lowest BCUT2D eigenvalue weighted by Gasteiger charge is -2.32. The van der Waals surface area contributed by atoms with Crippen LogP contribution >= 0.6 is 0 Å². The average Bonchev–Trinajstić information content (AvgIpc) is 2.38. The Kier molecular flexibility index (Phi) is 3.97. The number of rotatable bonds is 2. The molecule has 1 fully saturated rings. The van der Waals surface area contributed by atoms with Crippen molar-refractivity contribution in [2.45, 2.75) is 32.7 Å². The molecule has 1 atom stereocenters. The third-order valence-electron chi connectivity index (χ3n) is 3.59. The SMILES string of the molecule is Cc1ccc(C(=O)N(C)C2CCCNC2)c(C)n1. The minimum absolute atomic E-state index is 0.0775. The molecule has 4 heteroatoms. The first-order chi connectivity index (χ1) is 8.59. The lowest BCUT2D eigenvalue weighted by Crippen LogP contribution is -2.46. The summed E-state index contributed by atoms with van der Waals surface area (Å²) in [5, 5.41) is 3.34. The first kappa shape index (κ1) is 13.0. The molecule has 0 aromatic carbocycles. The zero-order valence-corrected chi connectivity index (χ0v) is 11.4. The van der Waals surface area contributed by atoms with Gasteiger partial charge in [-0.25, -0.2) is 0 Å². The molecule has 1 aliphatic rings. The molecule has 0 radical (unpaired) electrons. The van der Waals surface area contributed by atoms with Crippen molar-refractivity contribution in [2.24, 2.45) is 0 Å². The van der Waals surface area contributed by atoms with Crippen molar-refractivity contribution in [1.82, 2.24) is 15.2 Å². The smallest absolute Gasteiger partial charge is 0.255 e. The number of pyridine rings is 1. The largest absolute Gasteiger partial charge is 0.337 e. The fourth-order valence-corrected chi connectivity index (χ4v) is 2.43. The molecule has 2 rings (SSSR count). The van der Waals surface area contributed by atoms with Gasteiger partial charge in [-0.2, -0.15) is 0 Å². The van der Waals surface area contributed by atoms with Gasteiger partial charge < -0.3 is 10.2 Å². The number of aryl methyl sites for hydroxylation is 2. The van der Waals surface area contributed by atoms with E-state index in [0.717, 1.165) is 37.3 Å². The van der Waals surface area contributed by atoms with Gasteiger partial charge in [0.05, 0.1) is 11.3 Å². The van der Waals surface area contributed by atoms with Crippen molar-refractivity contribution >= 4 is 5.91 Å². The molecule has 1 N–H and O–H groups in total.